The predicted molar refractivity (Wildman–Crippen MR) is 91.7 cm³/mol. The standard InChI is InChI=1S/C13H12BrClINS/c1-2-17-13(10-6-18-7-11(10)14)9-5-8(15)3-4-12(9)16/h3-7,13,17H,2H2,1H3. The molecule has 1 N–H and O–H groups in total. The van der Waals surface area contributed by atoms with Gasteiger partial charge in [0.15, 0.2) is 0 Å². The lowest BCUT2D eigenvalue weighted by molar-refractivity contribution is 0.628. The topological polar surface area (TPSA) is 12.0 Å². The molecule has 0 spiro atoms. The lowest BCUT2D eigenvalue weighted by Crippen LogP contribution is -2.22. The molecule has 0 bridgehead atoms. The number of rotatable bonds is 4. The summed E-state index contributed by atoms with van der Waals surface area (Å²) < 4.78 is 2.37. The first-order valence-electron chi connectivity index (χ1n) is 5.53. The molecule has 2 aromatic rings. The van der Waals surface area contributed by atoms with Crippen molar-refractivity contribution in [2.45, 2.75) is 13.0 Å². The fourth-order valence-corrected chi connectivity index (χ4v) is 4.20. The van der Waals surface area contributed by atoms with Crippen LogP contribution in [-0.4, -0.2) is 6.54 Å². The van der Waals surface area contributed by atoms with Crippen LogP contribution in [0.4, 0.5) is 0 Å². The molecule has 1 heterocycles. The number of hydrogen-bond donors (Lipinski definition) is 1. The molecule has 96 valence electrons. The minimum atomic E-state index is 0.182. The Balaban J connectivity index is 2.48. The van der Waals surface area contributed by atoms with Crippen molar-refractivity contribution >= 4 is 61.5 Å². The third-order valence-electron chi connectivity index (χ3n) is 2.63. The Morgan fingerprint density at radius 1 is 1.39 bits per heavy atom. The molecule has 0 amide bonds. The minimum Gasteiger partial charge on any atom is -0.306 e. The summed E-state index contributed by atoms with van der Waals surface area (Å²) in [6.07, 6.45) is 0. The third kappa shape index (κ3) is 3.28. The van der Waals surface area contributed by atoms with E-state index in [9.17, 15) is 0 Å². The van der Waals surface area contributed by atoms with Crippen LogP contribution in [0.2, 0.25) is 5.02 Å². The predicted octanol–water partition coefficient (Wildman–Crippen LogP) is 5.47. The smallest absolute Gasteiger partial charge is 0.0607 e. The first-order valence-corrected chi connectivity index (χ1v) is 8.72. The van der Waals surface area contributed by atoms with Crippen molar-refractivity contribution in [2.24, 2.45) is 0 Å². The van der Waals surface area contributed by atoms with Gasteiger partial charge in [0.1, 0.15) is 0 Å². The average molecular weight is 457 g/mol. The fourth-order valence-electron chi connectivity index (χ4n) is 1.82. The van der Waals surface area contributed by atoms with Gasteiger partial charge in [-0.25, -0.2) is 0 Å². The summed E-state index contributed by atoms with van der Waals surface area (Å²) in [5.41, 5.74) is 2.49. The van der Waals surface area contributed by atoms with Crippen molar-refractivity contribution < 1.29 is 0 Å². The van der Waals surface area contributed by atoms with Gasteiger partial charge in [-0.2, -0.15) is 11.3 Å². The summed E-state index contributed by atoms with van der Waals surface area (Å²) in [5.74, 6) is 0. The van der Waals surface area contributed by atoms with Gasteiger partial charge in [-0.1, -0.05) is 18.5 Å². The van der Waals surface area contributed by atoms with Crippen LogP contribution in [0, 0.1) is 3.57 Å². The molecule has 0 aliphatic rings. The van der Waals surface area contributed by atoms with Crippen LogP contribution in [0.5, 0.6) is 0 Å². The third-order valence-corrected chi connectivity index (χ3v) is 5.60. The number of thiophene rings is 1. The monoisotopic (exact) mass is 455 g/mol. The second-order valence-corrected chi connectivity index (χ2v) is 7.03. The van der Waals surface area contributed by atoms with Crippen molar-refractivity contribution in [3.8, 4) is 0 Å². The highest BCUT2D eigenvalue weighted by Gasteiger charge is 2.19. The van der Waals surface area contributed by atoms with E-state index >= 15 is 0 Å². The Morgan fingerprint density at radius 3 is 2.78 bits per heavy atom. The Hall–Kier alpha value is 0.380. The average Bonchev–Trinajstić information content (AvgIpc) is 2.76. The van der Waals surface area contributed by atoms with Gasteiger partial charge >= 0.3 is 0 Å². The molecule has 0 fully saturated rings. The van der Waals surface area contributed by atoms with Crippen LogP contribution in [0.25, 0.3) is 0 Å². The quantitative estimate of drug-likeness (QED) is 0.602. The Bertz CT molecular complexity index is 544. The second kappa shape index (κ2) is 6.70. The van der Waals surface area contributed by atoms with Gasteiger partial charge in [-0.3, -0.25) is 0 Å². The minimum absolute atomic E-state index is 0.182. The van der Waals surface area contributed by atoms with E-state index < -0.39 is 0 Å². The van der Waals surface area contributed by atoms with E-state index in [4.69, 9.17) is 11.6 Å². The van der Waals surface area contributed by atoms with Gasteiger partial charge in [0.2, 0.25) is 0 Å². The van der Waals surface area contributed by atoms with E-state index in [1.54, 1.807) is 11.3 Å². The van der Waals surface area contributed by atoms with E-state index in [-0.39, 0.29) is 6.04 Å². The number of nitrogens with one attached hydrogen (secondary N) is 1. The van der Waals surface area contributed by atoms with Crippen molar-refractivity contribution in [3.05, 3.63) is 53.2 Å². The lowest BCUT2D eigenvalue weighted by Gasteiger charge is -2.20. The zero-order valence-corrected chi connectivity index (χ0v) is 15.0. The first kappa shape index (κ1) is 14.8. The molecule has 1 unspecified atom stereocenters. The molecule has 1 nitrogen and oxygen atoms in total. The van der Waals surface area contributed by atoms with E-state index in [1.165, 1.54) is 14.7 Å². The van der Waals surface area contributed by atoms with Gasteiger partial charge in [-0.05, 0) is 79.8 Å². The van der Waals surface area contributed by atoms with Crippen LogP contribution in [-0.2, 0) is 0 Å². The van der Waals surface area contributed by atoms with E-state index in [0.717, 1.165) is 16.0 Å². The molecule has 5 heteroatoms. The van der Waals surface area contributed by atoms with Crippen molar-refractivity contribution in [1.82, 2.24) is 5.32 Å². The van der Waals surface area contributed by atoms with Gasteiger partial charge in [0, 0.05) is 18.4 Å². The molecule has 1 atom stereocenters. The Kier molecular flexibility index (Phi) is 5.50. The van der Waals surface area contributed by atoms with Gasteiger partial charge in [-0.15, -0.1) is 0 Å². The highest BCUT2D eigenvalue weighted by Crippen LogP contribution is 2.34. The largest absolute Gasteiger partial charge is 0.306 e. The molecular weight excluding hydrogens is 444 g/mol. The van der Waals surface area contributed by atoms with Gasteiger partial charge < -0.3 is 5.32 Å². The highest BCUT2D eigenvalue weighted by molar-refractivity contribution is 14.1. The van der Waals surface area contributed by atoms with E-state index in [1.807, 2.05) is 12.1 Å². The Morgan fingerprint density at radius 2 is 2.17 bits per heavy atom. The zero-order chi connectivity index (χ0) is 13.1. The van der Waals surface area contributed by atoms with Crippen LogP contribution in [0.15, 0.2) is 33.4 Å². The lowest BCUT2D eigenvalue weighted by atomic mass is 10.0. The molecule has 0 saturated heterocycles. The van der Waals surface area contributed by atoms with Crippen molar-refractivity contribution in [3.63, 3.8) is 0 Å². The summed E-state index contributed by atoms with van der Waals surface area (Å²) in [6.45, 7) is 3.03. The number of halogens is 3. The van der Waals surface area contributed by atoms with Crippen LogP contribution < -0.4 is 5.32 Å². The molecular formula is C13H12BrClINS. The number of benzene rings is 1. The molecule has 0 aliphatic heterocycles. The summed E-state index contributed by atoms with van der Waals surface area (Å²) >= 11 is 13.8. The number of hydrogen-bond acceptors (Lipinski definition) is 2. The van der Waals surface area contributed by atoms with Crippen LogP contribution in [0.1, 0.15) is 24.1 Å². The molecule has 2 rings (SSSR count). The Labute approximate surface area is 138 Å². The summed E-state index contributed by atoms with van der Waals surface area (Å²) in [6, 6.07) is 6.21. The molecule has 0 saturated carbocycles. The van der Waals surface area contributed by atoms with Gasteiger partial charge in [0.25, 0.3) is 0 Å². The highest BCUT2D eigenvalue weighted by atomic mass is 127. The maximum atomic E-state index is 6.12. The summed E-state index contributed by atoms with van der Waals surface area (Å²) in [7, 11) is 0. The van der Waals surface area contributed by atoms with Crippen LogP contribution in [0.3, 0.4) is 0 Å². The second-order valence-electron chi connectivity index (χ2n) is 3.83. The first-order chi connectivity index (χ1) is 8.63. The molecule has 0 radical (unpaired) electrons. The molecule has 1 aromatic heterocycles. The fraction of sp³-hybridized carbons (Fsp3) is 0.231. The maximum absolute atomic E-state index is 6.12. The summed E-state index contributed by atoms with van der Waals surface area (Å²) in [4.78, 5) is 0. The normalized spacial score (nSPS) is 12.7. The molecule has 1 aromatic carbocycles. The summed E-state index contributed by atoms with van der Waals surface area (Å²) in [5, 5.41) is 8.58. The van der Waals surface area contributed by atoms with Crippen LogP contribution >= 0.6 is 61.5 Å². The molecule has 18 heavy (non-hydrogen) atoms. The van der Waals surface area contributed by atoms with E-state index in [2.05, 4.69) is 67.6 Å². The molecule has 0 aliphatic carbocycles. The van der Waals surface area contributed by atoms with E-state index in [0.29, 0.717) is 0 Å². The van der Waals surface area contributed by atoms with Crippen molar-refractivity contribution in [1.29, 1.82) is 0 Å². The SMILES string of the molecule is CCNC(c1cscc1Br)c1cc(Cl)ccc1I. The maximum Gasteiger partial charge on any atom is 0.0607 e. The van der Waals surface area contributed by atoms with Gasteiger partial charge in [0.05, 0.1) is 6.04 Å². The zero-order valence-electron chi connectivity index (χ0n) is 9.71. The van der Waals surface area contributed by atoms with Crippen molar-refractivity contribution in [2.75, 3.05) is 6.54 Å².